The van der Waals surface area contributed by atoms with E-state index in [1.807, 2.05) is 0 Å². The van der Waals surface area contributed by atoms with Crippen molar-refractivity contribution in [2.45, 2.75) is 30.6 Å². The van der Waals surface area contributed by atoms with Crippen molar-refractivity contribution in [3.05, 3.63) is 0 Å². The second kappa shape index (κ2) is 7.45. The molecule has 110 valence electrons. The first-order chi connectivity index (χ1) is 8.96. The van der Waals surface area contributed by atoms with Crippen molar-refractivity contribution in [2.24, 2.45) is 0 Å². The summed E-state index contributed by atoms with van der Waals surface area (Å²) < 4.78 is 14.7. The van der Waals surface area contributed by atoms with Crippen LogP contribution in [0.2, 0.25) is 0 Å². The Morgan fingerprint density at radius 2 is 2.00 bits per heavy atom. The van der Waals surface area contributed by atoms with Crippen molar-refractivity contribution in [3.8, 4) is 0 Å². The molecule has 1 aliphatic heterocycles. The third-order valence-corrected chi connectivity index (χ3v) is 3.32. The van der Waals surface area contributed by atoms with E-state index in [1.54, 1.807) is 0 Å². The smallest absolute Gasteiger partial charge is 0.298 e. The fourth-order valence-corrected chi connectivity index (χ4v) is 2.08. The SMILES string of the molecule is CO[C@@H]1OC(CO)[C@@H](OC)[C@H](O)C1NC(=O)C(=O)I. The molecule has 0 saturated carbocycles. The average molecular weight is 389 g/mol. The van der Waals surface area contributed by atoms with Crippen molar-refractivity contribution in [1.82, 2.24) is 5.32 Å². The average Bonchev–Trinajstić information content (AvgIpc) is 2.39. The van der Waals surface area contributed by atoms with E-state index >= 15 is 0 Å². The van der Waals surface area contributed by atoms with E-state index in [0.29, 0.717) is 0 Å². The highest BCUT2D eigenvalue weighted by atomic mass is 127. The van der Waals surface area contributed by atoms with E-state index in [0.717, 1.165) is 0 Å². The minimum atomic E-state index is -1.18. The lowest BCUT2D eigenvalue weighted by atomic mass is 9.96. The van der Waals surface area contributed by atoms with Gasteiger partial charge in [-0.25, -0.2) is 0 Å². The van der Waals surface area contributed by atoms with Crippen molar-refractivity contribution in [3.63, 3.8) is 0 Å². The molecule has 0 aromatic carbocycles. The Balaban J connectivity index is 2.87. The summed E-state index contributed by atoms with van der Waals surface area (Å²) in [6.45, 7) is -0.374. The fourth-order valence-electron chi connectivity index (χ4n) is 1.92. The Morgan fingerprint density at radius 1 is 1.37 bits per heavy atom. The zero-order valence-electron chi connectivity index (χ0n) is 10.4. The van der Waals surface area contributed by atoms with Crippen LogP contribution in [0.3, 0.4) is 0 Å². The summed E-state index contributed by atoms with van der Waals surface area (Å²) in [5.74, 6) is -0.868. The van der Waals surface area contributed by atoms with Gasteiger partial charge in [-0.2, -0.15) is 0 Å². The summed E-state index contributed by atoms with van der Waals surface area (Å²) >= 11 is 1.33. The molecule has 1 aliphatic rings. The van der Waals surface area contributed by atoms with Crippen LogP contribution in [0.1, 0.15) is 0 Å². The molecule has 0 spiro atoms. The second-order valence-corrected chi connectivity index (χ2v) is 4.90. The van der Waals surface area contributed by atoms with Crippen molar-refractivity contribution < 1.29 is 34.0 Å². The lowest BCUT2D eigenvalue weighted by Gasteiger charge is -2.42. The van der Waals surface area contributed by atoms with Gasteiger partial charge in [0.05, 0.1) is 6.61 Å². The number of halogens is 1. The third-order valence-electron chi connectivity index (χ3n) is 2.83. The Morgan fingerprint density at radius 3 is 2.42 bits per heavy atom. The van der Waals surface area contributed by atoms with Gasteiger partial charge in [-0.15, -0.1) is 0 Å². The molecule has 5 atom stereocenters. The number of ether oxygens (including phenoxy) is 3. The zero-order chi connectivity index (χ0) is 14.6. The Kier molecular flexibility index (Phi) is 6.56. The Labute approximate surface area is 123 Å². The van der Waals surface area contributed by atoms with Crippen LogP contribution in [0.5, 0.6) is 0 Å². The van der Waals surface area contributed by atoms with E-state index in [4.69, 9.17) is 19.3 Å². The minimum absolute atomic E-state index is 0.374. The van der Waals surface area contributed by atoms with Crippen LogP contribution < -0.4 is 5.32 Å². The molecule has 0 bridgehead atoms. The first-order valence-corrected chi connectivity index (χ1v) is 6.54. The Hall–Kier alpha value is -0.330. The maximum Gasteiger partial charge on any atom is 0.298 e. The van der Waals surface area contributed by atoms with Crippen LogP contribution in [-0.4, -0.2) is 71.4 Å². The molecule has 0 radical (unpaired) electrons. The van der Waals surface area contributed by atoms with Crippen LogP contribution in [0, 0.1) is 0 Å². The van der Waals surface area contributed by atoms with Gasteiger partial charge in [0, 0.05) is 36.8 Å². The number of aliphatic hydroxyl groups is 2. The second-order valence-electron chi connectivity index (χ2n) is 3.93. The van der Waals surface area contributed by atoms with Crippen LogP contribution in [0.25, 0.3) is 0 Å². The first kappa shape index (κ1) is 16.7. The van der Waals surface area contributed by atoms with E-state index < -0.39 is 40.3 Å². The molecular formula is C10H16INO7. The molecule has 3 N–H and O–H groups in total. The molecule has 0 aliphatic carbocycles. The number of carbonyl (C=O) groups excluding carboxylic acids is 2. The summed E-state index contributed by atoms with van der Waals surface area (Å²) in [5.41, 5.74) is 0. The van der Waals surface area contributed by atoms with Gasteiger partial charge in [0.2, 0.25) is 0 Å². The van der Waals surface area contributed by atoms with Gasteiger partial charge >= 0.3 is 0 Å². The number of hydrogen-bond donors (Lipinski definition) is 3. The highest BCUT2D eigenvalue weighted by Gasteiger charge is 2.46. The third kappa shape index (κ3) is 3.83. The molecule has 1 saturated heterocycles. The van der Waals surface area contributed by atoms with E-state index in [1.165, 1.54) is 36.8 Å². The predicted octanol–water partition coefficient (Wildman–Crippen LogP) is -1.83. The summed E-state index contributed by atoms with van der Waals surface area (Å²) in [7, 11) is 2.67. The van der Waals surface area contributed by atoms with Gasteiger partial charge in [0.1, 0.15) is 24.4 Å². The summed E-state index contributed by atoms with van der Waals surface area (Å²) in [5, 5.41) is 21.6. The normalized spacial score (nSPS) is 34.9. The lowest BCUT2D eigenvalue weighted by molar-refractivity contribution is -0.267. The Bertz CT molecular complexity index is 340. The maximum atomic E-state index is 11.4. The molecule has 1 fully saturated rings. The molecule has 0 aromatic rings. The standard InChI is InChI=1S/C10H16INO7/c1-17-7-4(3-13)19-10(18-2)5(6(7)14)12-9(16)8(11)15/h4-7,10,13-14H,3H2,1-2H3,(H,12,16)/t4?,5?,6-,7-,10-/m1/s1. The molecular weight excluding hydrogens is 373 g/mol. The van der Waals surface area contributed by atoms with Crippen molar-refractivity contribution in [2.75, 3.05) is 20.8 Å². The van der Waals surface area contributed by atoms with E-state index in [2.05, 4.69) is 5.32 Å². The molecule has 9 heteroatoms. The fraction of sp³-hybridized carbons (Fsp3) is 0.800. The van der Waals surface area contributed by atoms with Crippen molar-refractivity contribution in [1.29, 1.82) is 0 Å². The molecule has 1 amide bonds. The number of hydrogen-bond acceptors (Lipinski definition) is 7. The molecule has 2 unspecified atom stereocenters. The van der Waals surface area contributed by atoms with Gasteiger partial charge in [-0.3, -0.25) is 9.59 Å². The first-order valence-electron chi connectivity index (χ1n) is 5.46. The van der Waals surface area contributed by atoms with Gasteiger partial charge in [0.15, 0.2) is 6.29 Å². The number of methoxy groups -OCH3 is 2. The molecule has 19 heavy (non-hydrogen) atoms. The highest BCUT2D eigenvalue weighted by Crippen LogP contribution is 2.23. The molecule has 1 heterocycles. The summed E-state index contributed by atoms with van der Waals surface area (Å²) in [6.07, 6.45) is -3.79. The molecule has 0 aromatic heterocycles. The van der Waals surface area contributed by atoms with Crippen molar-refractivity contribution >= 4 is 32.3 Å². The van der Waals surface area contributed by atoms with Crippen LogP contribution in [0.15, 0.2) is 0 Å². The largest absolute Gasteiger partial charge is 0.394 e. The van der Waals surface area contributed by atoms with E-state index in [-0.39, 0.29) is 6.61 Å². The number of carbonyl (C=O) groups is 2. The number of nitrogens with one attached hydrogen (secondary N) is 1. The van der Waals surface area contributed by atoms with Crippen LogP contribution in [-0.2, 0) is 23.8 Å². The van der Waals surface area contributed by atoms with Crippen LogP contribution in [0.4, 0.5) is 0 Å². The number of amides is 1. The maximum absolute atomic E-state index is 11.4. The topological polar surface area (TPSA) is 114 Å². The number of aliphatic hydroxyl groups excluding tert-OH is 2. The molecule has 1 rings (SSSR count). The zero-order valence-corrected chi connectivity index (χ0v) is 12.6. The van der Waals surface area contributed by atoms with Gasteiger partial charge in [0.25, 0.3) is 9.70 Å². The highest BCUT2D eigenvalue weighted by molar-refractivity contribution is 14.1. The van der Waals surface area contributed by atoms with Crippen LogP contribution >= 0.6 is 22.6 Å². The molecule has 8 nitrogen and oxygen atoms in total. The predicted molar refractivity (Wildman–Crippen MR) is 70.5 cm³/mol. The minimum Gasteiger partial charge on any atom is -0.394 e. The van der Waals surface area contributed by atoms with E-state index in [9.17, 15) is 14.7 Å². The number of rotatable bonds is 5. The quantitative estimate of drug-likeness (QED) is 0.288. The van der Waals surface area contributed by atoms with Gasteiger partial charge in [-0.1, -0.05) is 0 Å². The van der Waals surface area contributed by atoms with Gasteiger partial charge < -0.3 is 29.7 Å². The lowest BCUT2D eigenvalue weighted by Crippen LogP contribution is -2.65. The summed E-state index contributed by atoms with van der Waals surface area (Å²) in [4.78, 5) is 22.3. The monoisotopic (exact) mass is 389 g/mol. The summed E-state index contributed by atoms with van der Waals surface area (Å²) in [6, 6.07) is -0.969. The van der Waals surface area contributed by atoms with Gasteiger partial charge in [-0.05, 0) is 0 Å².